The Labute approximate surface area is 168 Å². The fraction of sp³-hybridized carbons (Fsp3) is 0.381. The molecule has 150 valence electrons. The number of benzene rings is 1. The second-order valence-electron chi connectivity index (χ2n) is 8.06. The molecule has 8 heteroatoms. The van der Waals surface area contributed by atoms with E-state index in [2.05, 4.69) is 47.9 Å². The number of carbonyl (C=O) groups excluding carboxylic acids is 1. The molecule has 0 bridgehead atoms. The Morgan fingerprint density at radius 1 is 1.17 bits per heavy atom. The third-order valence-electron chi connectivity index (χ3n) is 4.95. The molecule has 0 saturated heterocycles. The lowest BCUT2D eigenvalue weighted by Gasteiger charge is -2.18. The molecule has 0 atom stereocenters. The number of imidazole rings is 1. The maximum Gasteiger partial charge on any atom is 0.305 e. The van der Waals surface area contributed by atoms with Gasteiger partial charge in [-0.05, 0) is 17.4 Å². The van der Waals surface area contributed by atoms with E-state index in [1.165, 1.54) is 12.7 Å². The van der Waals surface area contributed by atoms with Gasteiger partial charge in [0.15, 0.2) is 17.1 Å². The van der Waals surface area contributed by atoms with Gasteiger partial charge in [0.05, 0.1) is 13.4 Å². The molecule has 0 aliphatic carbocycles. The van der Waals surface area contributed by atoms with Gasteiger partial charge in [-0.15, -0.1) is 5.10 Å². The van der Waals surface area contributed by atoms with E-state index in [0.29, 0.717) is 42.2 Å². The minimum atomic E-state index is -0.236. The van der Waals surface area contributed by atoms with Crippen molar-refractivity contribution in [2.45, 2.75) is 45.4 Å². The SMILES string of the molecule is COC(=O)CCCc1nc2nc[nH]c2c2nc(-c3ccc(C(C)(C)C)cc3)nn12. The van der Waals surface area contributed by atoms with Crippen LogP contribution in [0, 0.1) is 0 Å². The normalized spacial score (nSPS) is 12.0. The summed E-state index contributed by atoms with van der Waals surface area (Å²) in [6.07, 6.45) is 3.11. The molecule has 8 nitrogen and oxygen atoms in total. The van der Waals surface area contributed by atoms with Gasteiger partial charge in [-0.25, -0.2) is 15.0 Å². The predicted molar refractivity (Wildman–Crippen MR) is 110 cm³/mol. The molecule has 4 rings (SSSR count). The van der Waals surface area contributed by atoms with Gasteiger partial charge >= 0.3 is 5.97 Å². The van der Waals surface area contributed by atoms with Crippen LogP contribution in [0.2, 0.25) is 0 Å². The number of carbonyl (C=O) groups is 1. The Hall–Kier alpha value is -3.29. The molecule has 1 N–H and O–H groups in total. The number of methoxy groups -OCH3 is 1. The van der Waals surface area contributed by atoms with Crippen LogP contribution < -0.4 is 0 Å². The van der Waals surface area contributed by atoms with Crippen LogP contribution in [0.3, 0.4) is 0 Å². The standard InChI is InChI=1S/C21H24N6O2/c1-21(2,3)14-10-8-13(9-11-14)18-25-20-17-19(23-12-22-17)24-15(27(20)26-18)6-5-7-16(28)29-4/h8-12H,5-7H2,1-4H3,(H,22,23). The smallest absolute Gasteiger partial charge is 0.305 e. The van der Waals surface area contributed by atoms with Crippen molar-refractivity contribution in [1.29, 1.82) is 0 Å². The molecule has 0 amide bonds. The van der Waals surface area contributed by atoms with Crippen LogP contribution in [-0.2, 0) is 21.4 Å². The summed E-state index contributed by atoms with van der Waals surface area (Å²) in [6.45, 7) is 6.56. The molecule has 0 radical (unpaired) electrons. The Balaban J connectivity index is 1.73. The van der Waals surface area contributed by atoms with E-state index in [4.69, 9.17) is 14.8 Å². The highest BCUT2D eigenvalue weighted by molar-refractivity contribution is 5.85. The second kappa shape index (κ2) is 7.27. The summed E-state index contributed by atoms with van der Waals surface area (Å²) < 4.78 is 6.46. The number of esters is 1. The first-order valence-corrected chi connectivity index (χ1v) is 9.63. The highest BCUT2D eigenvalue weighted by atomic mass is 16.5. The van der Waals surface area contributed by atoms with Crippen molar-refractivity contribution in [3.05, 3.63) is 42.0 Å². The van der Waals surface area contributed by atoms with Gasteiger partial charge in [-0.1, -0.05) is 45.0 Å². The Morgan fingerprint density at radius 2 is 1.93 bits per heavy atom. The largest absolute Gasteiger partial charge is 0.469 e. The van der Waals surface area contributed by atoms with Gasteiger partial charge in [0.2, 0.25) is 0 Å². The minimum absolute atomic E-state index is 0.0870. The van der Waals surface area contributed by atoms with Gasteiger partial charge in [0.1, 0.15) is 11.3 Å². The molecule has 0 aliphatic heterocycles. The maximum absolute atomic E-state index is 11.4. The average molecular weight is 392 g/mol. The number of ether oxygens (including phenoxy) is 1. The summed E-state index contributed by atoms with van der Waals surface area (Å²) in [5.41, 5.74) is 4.29. The zero-order valence-corrected chi connectivity index (χ0v) is 17.1. The van der Waals surface area contributed by atoms with Gasteiger partial charge < -0.3 is 9.72 Å². The highest BCUT2D eigenvalue weighted by Crippen LogP contribution is 2.26. The summed E-state index contributed by atoms with van der Waals surface area (Å²) in [4.78, 5) is 28.1. The van der Waals surface area contributed by atoms with Crippen LogP contribution in [0.15, 0.2) is 30.6 Å². The van der Waals surface area contributed by atoms with Crippen molar-refractivity contribution in [3.63, 3.8) is 0 Å². The minimum Gasteiger partial charge on any atom is -0.469 e. The summed E-state index contributed by atoms with van der Waals surface area (Å²) in [7, 11) is 1.39. The van der Waals surface area contributed by atoms with Gasteiger partial charge in [-0.3, -0.25) is 4.79 Å². The molecule has 0 saturated carbocycles. The lowest BCUT2D eigenvalue weighted by atomic mass is 9.87. The lowest BCUT2D eigenvalue weighted by molar-refractivity contribution is -0.140. The molecule has 4 aromatic rings. The maximum atomic E-state index is 11.4. The first-order valence-electron chi connectivity index (χ1n) is 9.63. The molecular weight excluding hydrogens is 368 g/mol. The number of H-pyrrole nitrogens is 1. The first-order chi connectivity index (χ1) is 13.9. The number of hydrogen-bond acceptors (Lipinski definition) is 6. The molecule has 3 aromatic heterocycles. The highest BCUT2D eigenvalue weighted by Gasteiger charge is 2.18. The number of fused-ring (bicyclic) bond motifs is 3. The van der Waals surface area contributed by atoms with Gasteiger partial charge in [0.25, 0.3) is 0 Å². The van der Waals surface area contributed by atoms with E-state index in [1.54, 1.807) is 10.8 Å². The molecule has 0 spiro atoms. The Kier molecular flexibility index (Phi) is 4.77. The van der Waals surface area contributed by atoms with Crippen LogP contribution in [0.1, 0.15) is 45.0 Å². The number of nitrogens with one attached hydrogen (secondary N) is 1. The average Bonchev–Trinajstić information content (AvgIpc) is 3.34. The van der Waals surface area contributed by atoms with Gasteiger partial charge in [0, 0.05) is 18.4 Å². The predicted octanol–water partition coefficient (Wildman–Crippen LogP) is 3.46. The van der Waals surface area contributed by atoms with Crippen LogP contribution in [0.5, 0.6) is 0 Å². The molecule has 3 heterocycles. The van der Waals surface area contributed by atoms with Crippen molar-refractivity contribution in [1.82, 2.24) is 29.5 Å². The fourth-order valence-corrected chi connectivity index (χ4v) is 3.26. The third-order valence-corrected chi connectivity index (χ3v) is 4.95. The summed E-state index contributed by atoms with van der Waals surface area (Å²) >= 11 is 0. The van der Waals surface area contributed by atoms with Crippen LogP contribution in [0.25, 0.3) is 28.2 Å². The van der Waals surface area contributed by atoms with Crippen LogP contribution in [0.4, 0.5) is 0 Å². The summed E-state index contributed by atoms with van der Waals surface area (Å²) in [6, 6.07) is 8.32. The fourth-order valence-electron chi connectivity index (χ4n) is 3.26. The summed E-state index contributed by atoms with van der Waals surface area (Å²) in [5, 5.41) is 4.70. The number of aryl methyl sites for hydroxylation is 1. The van der Waals surface area contributed by atoms with Crippen molar-refractivity contribution in [2.75, 3.05) is 7.11 Å². The molecule has 1 aromatic carbocycles. The van der Waals surface area contributed by atoms with E-state index >= 15 is 0 Å². The number of aromatic nitrogens is 6. The van der Waals surface area contributed by atoms with Crippen LogP contribution >= 0.6 is 0 Å². The second-order valence-corrected chi connectivity index (χ2v) is 8.06. The van der Waals surface area contributed by atoms with Crippen molar-refractivity contribution >= 4 is 22.8 Å². The van der Waals surface area contributed by atoms with E-state index in [1.807, 2.05) is 12.1 Å². The molecule has 0 aliphatic rings. The first kappa shape index (κ1) is 19.0. The van der Waals surface area contributed by atoms with E-state index in [0.717, 1.165) is 11.1 Å². The van der Waals surface area contributed by atoms with E-state index in [9.17, 15) is 4.79 Å². The number of aromatic amines is 1. The number of hydrogen-bond donors (Lipinski definition) is 1. The van der Waals surface area contributed by atoms with Crippen molar-refractivity contribution < 1.29 is 9.53 Å². The van der Waals surface area contributed by atoms with Gasteiger partial charge in [-0.2, -0.15) is 4.52 Å². The lowest BCUT2D eigenvalue weighted by Crippen LogP contribution is -2.10. The van der Waals surface area contributed by atoms with Crippen LogP contribution in [-0.4, -0.2) is 42.6 Å². The molecular formula is C21H24N6O2. The van der Waals surface area contributed by atoms with Crippen molar-refractivity contribution in [2.24, 2.45) is 0 Å². The number of rotatable bonds is 5. The quantitative estimate of drug-likeness (QED) is 0.522. The Bertz CT molecular complexity index is 1170. The van der Waals surface area contributed by atoms with E-state index < -0.39 is 0 Å². The zero-order valence-electron chi connectivity index (χ0n) is 17.1. The molecule has 0 unspecified atom stereocenters. The molecule has 0 fully saturated rings. The Morgan fingerprint density at radius 3 is 2.62 bits per heavy atom. The monoisotopic (exact) mass is 392 g/mol. The topological polar surface area (TPSA) is 98.1 Å². The third kappa shape index (κ3) is 3.70. The summed E-state index contributed by atoms with van der Waals surface area (Å²) in [5.74, 6) is 1.11. The van der Waals surface area contributed by atoms with E-state index in [-0.39, 0.29) is 11.4 Å². The van der Waals surface area contributed by atoms with Crippen molar-refractivity contribution in [3.8, 4) is 11.4 Å². The zero-order chi connectivity index (χ0) is 20.6. The molecule has 29 heavy (non-hydrogen) atoms. The number of nitrogens with zero attached hydrogens (tertiary/aromatic N) is 5.